The number of carbonyl (C=O) groups excluding carboxylic acids is 2. The molecule has 148 valence electrons. The van der Waals surface area contributed by atoms with Crippen LogP contribution in [0.4, 0.5) is 27.7 Å². The van der Waals surface area contributed by atoms with E-state index >= 15 is 0 Å². The van der Waals surface area contributed by atoms with Crippen LogP contribution in [0.25, 0.3) is 0 Å². The second-order valence-corrected chi connectivity index (χ2v) is 6.36. The van der Waals surface area contributed by atoms with Gasteiger partial charge in [-0.15, -0.1) is 0 Å². The summed E-state index contributed by atoms with van der Waals surface area (Å²) in [6.07, 6.45) is 4.53. The maximum absolute atomic E-state index is 12.5. The fourth-order valence-corrected chi connectivity index (χ4v) is 2.55. The van der Waals surface area contributed by atoms with Gasteiger partial charge in [0, 0.05) is 35.7 Å². The molecular weight excluding hydrogens is 392 g/mol. The summed E-state index contributed by atoms with van der Waals surface area (Å²) in [5.41, 5.74) is 2.15. The number of pyridine rings is 2. The van der Waals surface area contributed by atoms with E-state index in [-0.39, 0.29) is 11.9 Å². The third-order valence-electron chi connectivity index (χ3n) is 3.78. The molecule has 0 spiro atoms. The first kappa shape index (κ1) is 20.1. The number of rotatable bonds is 6. The number of carbonyl (C=O) groups is 2. The summed E-state index contributed by atoms with van der Waals surface area (Å²) in [5, 5.41) is 11.9. The molecule has 0 fully saturated rings. The zero-order valence-electron chi connectivity index (χ0n) is 15.6. The highest BCUT2D eigenvalue weighted by Crippen LogP contribution is 2.28. The molecule has 8 nitrogen and oxygen atoms in total. The molecule has 3 aromatic rings. The van der Waals surface area contributed by atoms with Crippen LogP contribution in [0, 0.1) is 0 Å². The Morgan fingerprint density at radius 2 is 1.83 bits per heavy atom. The Labute approximate surface area is 172 Å². The number of urea groups is 1. The maximum Gasteiger partial charge on any atom is 0.320 e. The number of benzene rings is 1. The molecule has 0 saturated heterocycles. The number of anilines is 4. The van der Waals surface area contributed by atoms with Crippen molar-refractivity contribution in [3.8, 4) is 0 Å². The zero-order chi connectivity index (χ0) is 20.6. The van der Waals surface area contributed by atoms with Crippen LogP contribution in [0.2, 0.25) is 5.02 Å². The lowest BCUT2D eigenvalue weighted by Crippen LogP contribution is -2.28. The zero-order valence-corrected chi connectivity index (χ0v) is 16.3. The number of halogens is 1. The van der Waals surface area contributed by atoms with E-state index < -0.39 is 0 Å². The van der Waals surface area contributed by atoms with E-state index in [1.54, 1.807) is 48.7 Å². The highest BCUT2D eigenvalue weighted by atomic mass is 35.5. The molecule has 0 radical (unpaired) electrons. The monoisotopic (exact) mass is 410 g/mol. The lowest BCUT2D eigenvalue weighted by Gasteiger charge is -2.15. The fourth-order valence-electron chi connectivity index (χ4n) is 2.43. The van der Waals surface area contributed by atoms with Gasteiger partial charge in [0.05, 0.1) is 23.1 Å². The Bertz CT molecular complexity index is 996. The average Bonchev–Trinajstić information content (AvgIpc) is 2.72. The summed E-state index contributed by atoms with van der Waals surface area (Å²) in [6, 6.07) is 11.7. The van der Waals surface area contributed by atoms with Crippen LogP contribution in [0.3, 0.4) is 0 Å². The summed E-state index contributed by atoms with van der Waals surface area (Å²) in [6.45, 7) is 2.30. The largest absolute Gasteiger partial charge is 0.354 e. The summed E-state index contributed by atoms with van der Waals surface area (Å²) < 4.78 is 0. The molecule has 0 aliphatic carbocycles. The topological polar surface area (TPSA) is 108 Å². The first-order valence-corrected chi connectivity index (χ1v) is 9.22. The molecule has 2 aromatic heterocycles. The van der Waals surface area contributed by atoms with Crippen molar-refractivity contribution in [2.24, 2.45) is 0 Å². The van der Waals surface area contributed by atoms with E-state index in [2.05, 4.69) is 31.2 Å². The van der Waals surface area contributed by atoms with Gasteiger partial charge >= 0.3 is 6.03 Å². The van der Waals surface area contributed by atoms with Crippen molar-refractivity contribution in [3.63, 3.8) is 0 Å². The quantitative estimate of drug-likeness (QED) is 0.485. The minimum atomic E-state index is -0.371. The molecular formula is C20H19ClN6O2. The van der Waals surface area contributed by atoms with Crippen molar-refractivity contribution in [3.05, 3.63) is 71.6 Å². The van der Waals surface area contributed by atoms with Gasteiger partial charge in [-0.1, -0.05) is 11.6 Å². The number of hydrogen-bond donors (Lipinski definition) is 4. The van der Waals surface area contributed by atoms with Crippen LogP contribution < -0.4 is 21.3 Å². The fraction of sp³-hybridized carbons (Fsp3) is 0.100. The van der Waals surface area contributed by atoms with Gasteiger partial charge in [-0.25, -0.2) is 9.78 Å². The Balaban J connectivity index is 1.87. The summed E-state index contributed by atoms with van der Waals surface area (Å²) in [4.78, 5) is 32.5. The molecule has 0 saturated carbocycles. The lowest BCUT2D eigenvalue weighted by molar-refractivity contribution is 0.102. The summed E-state index contributed by atoms with van der Waals surface area (Å²) in [5.74, 6) is -0.00437. The number of hydrogen-bond acceptors (Lipinski definition) is 5. The molecule has 9 heteroatoms. The number of nitrogens with one attached hydrogen (secondary N) is 4. The SMILES string of the molecule is CCNC(=O)Nc1cc(Nc2ccc(Cl)cc2)c(NC(=O)c2cccnc2)cn1. The Morgan fingerprint density at radius 1 is 1.03 bits per heavy atom. The molecule has 0 atom stereocenters. The number of amides is 3. The van der Waals surface area contributed by atoms with Crippen molar-refractivity contribution in [1.82, 2.24) is 15.3 Å². The van der Waals surface area contributed by atoms with Gasteiger partial charge in [0.15, 0.2) is 0 Å². The minimum Gasteiger partial charge on any atom is -0.354 e. The summed E-state index contributed by atoms with van der Waals surface area (Å²) >= 11 is 5.94. The first-order valence-electron chi connectivity index (χ1n) is 8.84. The van der Waals surface area contributed by atoms with Crippen LogP contribution in [0.5, 0.6) is 0 Å². The predicted molar refractivity (Wildman–Crippen MR) is 114 cm³/mol. The maximum atomic E-state index is 12.5. The Hall–Kier alpha value is -3.65. The predicted octanol–water partition coefficient (Wildman–Crippen LogP) is 4.27. The standard InChI is InChI=1S/C20H19ClN6O2/c1-2-23-20(29)27-18-10-16(25-15-7-5-14(21)6-8-15)17(12-24-18)26-19(28)13-4-3-9-22-11-13/h3-12H,2H2,1H3,(H,26,28)(H3,23,24,25,27,29). The normalized spacial score (nSPS) is 10.1. The second kappa shape index (κ2) is 9.52. The van der Waals surface area contributed by atoms with E-state index in [9.17, 15) is 9.59 Å². The highest BCUT2D eigenvalue weighted by Gasteiger charge is 2.12. The number of aromatic nitrogens is 2. The molecule has 0 bridgehead atoms. The molecule has 2 heterocycles. The van der Waals surface area contributed by atoms with Crippen molar-refractivity contribution in [2.75, 3.05) is 22.5 Å². The van der Waals surface area contributed by atoms with E-state index in [4.69, 9.17) is 11.6 Å². The molecule has 3 amide bonds. The van der Waals surface area contributed by atoms with Gasteiger partial charge in [0.1, 0.15) is 5.82 Å². The number of nitrogens with zero attached hydrogens (tertiary/aromatic N) is 2. The highest BCUT2D eigenvalue weighted by molar-refractivity contribution is 6.30. The molecule has 1 aromatic carbocycles. The molecule has 0 unspecified atom stereocenters. The van der Waals surface area contributed by atoms with Crippen LogP contribution in [0.1, 0.15) is 17.3 Å². The average molecular weight is 411 g/mol. The van der Waals surface area contributed by atoms with Crippen LogP contribution in [0.15, 0.2) is 61.1 Å². The van der Waals surface area contributed by atoms with Gasteiger partial charge in [-0.2, -0.15) is 0 Å². The van der Waals surface area contributed by atoms with Gasteiger partial charge in [-0.3, -0.25) is 15.1 Å². The lowest BCUT2D eigenvalue weighted by atomic mass is 10.2. The van der Waals surface area contributed by atoms with Crippen molar-refractivity contribution < 1.29 is 9.59 Å². The molecule has 4 N–H and O–H groups in total. The third-order valence-corrected chi connectivity index (χ3v) is 4.03. The van der Waals surface area contributed by atoms with Gasteiger partial charge in [0.25, 0.3) is 5.91 Å². The van der Waals surface area contributed by atoms with Gasteiger partial charge < -0.3 is 16.0 Å². The Morgan fingerprint density at radius 3 is 2.52 bits per heavy atom. The molecule has 0 aliphatic heterocycles. The minimum absolute atomic E-state index is 0.326. The first-order chi connectivity index (χ1) is 14.0. The second-order valence-electron chi connectivity index (χ2n) is 5.93. The van der Waals surface area contributed by atoms with E-state index in [0.29, 0.717) is 34.3 Å². The smallest absolute Gasteiger partial charge is 0.320 e. The van der Waals surface area contributed by atoms with Gasteiger partial charge in [0.2, 0.25) is 0 Å². The van der Waals surface area contributed by atoms with Crippen LogP contribution in [-0.4, -0.2) is 28.5 Å². The molecule has 29 heavy (non-hydrogen) atoms. The van der Waals surface area contributed by atoms with Crippen LogP contribution in [-0.2, 0) is 0 Å². The Kier molecular flexibility index (Phi) is 6.59. The van der Waals surface area contributed by atoms with E-state index in [1.165, 1.54) is 12.4 Å². The molecule has 0 aliphatic rings. The summed E-state index contributed by atoms with van der Waals surface area (Å²) in [7, 11) is 0. The molecule has 3 rings (SSSR count). The van der Waals surface area contributed by atoms with Crippen molar-refractivity contribution >= 4 is 46.4 Å². The van der Waals surface area contributed by atoms with E-state index in [1.807, 2.05) is 6.92 Å². The van der Waals surface area contributed by atoms with Gasteiger partial charge in [-0.05, 0) is 43.3 Å². The third kappa shape index (κ3) is 5.66. The van der Waals surface area contributed by atoms with Crippen LogP contribution >= 0.6 is 11.6 Å². The van der Waals surface area contributed by atoms with Crippen molar-refractivity contribution in [2.45, 2.75) is 6.92 Å². The van der Waals surface area contributed by atoms with Crippen molar-refractivity contribution in [1.29, 1.82) is 0 Å². The van der Waals surface area contributed by atoms with E-state index in [0.717, 1.165) is 5.69 Å².